The van der Waals surface area contributed by atoms with Gasteiger partial charge in [-0.25, -0.2) is 8.42 Å². The van der Waals surface area contributed by atoms with Crippen LogP contribution in [0.15, 0.2) is 76.5 Å². The van der Waals surface area contributed by atoms with E-state index in [1.807, 2.05) is 6.07 Å². The first-order valence-corrected chi connectivity index (χ1v) is 11.6. The molecule has 0 aliphatic carbocycles. The second kappa shape index (κ2) is 9.69. The van der Waals surface area contributed by atoms with E-state index in [2.05, 4.69) is 5.32 Å². The SMILES string of the molecule is CC(=O)NCCc1ccc(C(=O)COc2ccc(S(=O)(=O)c3ccccc3)cc2)s1. The Morgan fingerprint density at radius 2 is 1.60 bits per heavy atom. The molecule has 0 radical (unpaired) electrons. The van der Waals surface area contributed by atoms with Crippen molar-refractivity contribution in [2.45, 2.75) is 23.1 Å². The number of hydrogen-bond donors (Lipinski definition) is 1. The van der Waals surface area contributed by atoms with Crippen molar-refractivity contribution in [2.75, 3.05) is 13.2 Å². The van der Waals surface area contributed by atoms with E-state index in [-0.39, 0.29) is 28.1 Å². The molecule has 0 unspecified atom stereocenters. The number of hydrogen-bond acceptors (Lipinski definition) is 6. The molecule has 0 saturated heterocycles. The Bertz CT molecular complexity index is 1120. The minimum Gasteiger partial charge on any atom is -0.485 e. The lowest BCUT2D eigenvalue weighted by molar-refractivity contribution is -0.118. The van der Waals surface area contributed by atoms with Crippen LogP contribution in [0.3, 0.4) is 0 Å². The molecule has 0 aliphatic heterocycles. The van der Waals surface area contributed by atoms with Crippen LogP contribution in [0.1, 0.15) is 21.5 Å². The third kappa shape index (κ3) is 5.55. The van der Waals surface area contributed by atoms with Gasteiger partial charge < -0.3 is 10.1 Å². The summed E-state index contributed by atoms with van der Waals surface area (Å²) in [5, 5.41) is 2.72. The third-order valence-corrected chi connectivity index (χ3v) is 7.21. The Morgan fingerprint density at radius 1 is 0.933 bits per heavy atom. The van der Waals surface area contributed by atoms with Crippen molar-refractivity contribution in [3.63, 3.8) is 0 Å². The normalized spacial score (nSPS) is 11.1. The van der Waals surface area contributed by atoms with Crippen LogP contribution in [-0.2, 0) is 21.1 Å². The number of carbonyl (C=O) groups is 2. The fourth-order valence-corrected chi connectivity index (χ4v) is 4.91. The van der Waals surface area contributed by atoms with E-state index in [0.29, 0.717) is 23.6 Å². The molecule has 1 amide bonds. The smallest absolute Gasteiger partial charge is 0.216 e. The monoisotopic (exact) mass is 443 g/mol. The third-order valence-electron chi connectivity index (χ3n) is 4.24. The van der Waals surface area contributed by atoms with E-state index < -0.39 is 9.84 Å². The molecule has 0 spiro atoms. The van der Waals surface area contributed by atoms with Gasteiger partial charge in [0.2, 0.25) is 21.5 Å². The average molecular weight is 444 g/mol. The maximum absolute atomic E-state index is 12.6. The number of amides is 1. The molecule has 0 atom stereocenters. The Balaban J connectivity index is 1.57. The zero-order valence-corrected chi connectivity index (χ0v) is 18.0. The van der Waals surface area contributed by atoms with Gasteiger partial charge in [0, 0.05) is 18.3 Å². The summed E-state index contributed by atoms with van der Waals surface area (Å²) in [4.78, 5) is 25.2. The number of benzene rings is 2. The summed E-state index contributed by atoms with van der Waals surface area (Å²) in [6, 6.07) is 17.8. The van der Waals surface area contributed by atoms with Crippen LogP contribution in [-0.4, -0.2) is 33.3 Å². The molecule has 1 N–H and O–H groups in total. The molecule has 0 bridgehead atoms. The van der Waals surface area contributed by atoms with Crippen molar-refractivity contribution in [3.8, 4) is 5.75 Å². The number of ether oxygens (including phenoxy) is 1. The summed E-state index contributed by atoms with van der Waals surface area (Å²) < 4.78 is 30.7. The predicted octanol–water partition coefficient (Wildman–Crippen LogP) is 3.52. The highest BCUT2D eigenvalue weighted by atomic mass is 32.2. The molecular formula is C22H21NO5S2. The minimum absolute atomic E-state index is 0.0844. The zero-order valence-electron chi connectivity index (χ0n) is 16.3. The van der Waals surface area contributed by atoms with Crippen LogP contribution in [0.4, 0.5) is 0 Å². The van der Waals surface area contributed by atoms with Gasteiger partial charge in [0.05, 0.1) is 14.7 Å². The largest absolute Gasteiger partial charge is 0.485 e. The Morgan fingerprint density at radius 3 is 2.27 bits per heavy atom. The summed E-state index contributed by atoms with van der Waals surface area (Å²) in [6.07, 6.45) is 0.662. The van der Waals surface area contributed by atoms with Gasteiger partial charge in [-0.15, -0.1) is 11.3 Å². The highest BCUT2D eigenvalue weighted by Gasteiger charge is 2.17. The van der Waals surface area contributed by atoms with Gasteiger partial charge >= 0.3 is 0 Å². The van der Waals surface area contributed by atoms with Crippen LogP contribution in [0.2, 0.25) is 0 Å². The molecule has 0 fully saturated rings. The predicted molar refractivity (Wildman–Crippen MR) is 115 cm³/mol. The van der Waals surface area contributed by atoms with E-state index in [0.717, 1.165) is 4.88 Å². The quantitative estimate of drug-likeness (QED) is 0.511. The fourth-order valence-electron chi connectivity index (χ4n) is 2.69. The molecule has 1 aromatic heterocycles. The summed E-state index contributed by atoms with van der Waals surface area (Å²) >= 11 is 1.37. The lowest BCUT2D eigenvalue weighted by Crippen LogP contribution is -2.22. The standard InChI is InChI=1S/C22H21NO5S2/c1-16(24)23-14-13-18-9-12-22(29-18)21(25)15-28-17-7-10-20(11-8-17)30(26,27)19-5-3-2-4-6-19/h2-12H,13-15H2,1H3,(H,23,24). The molecule has 8 heteroatoms. The molecule has 2 aromatic carbocycles. The van der Waals surface area contributed by atoms with Crippen LogP contribution < -0.4 is 10.1 Å². The van der Waals surface area contributed by atoms with Gasteiger partial charge in [-0.2, -0.15) is 0 Å². The van der Waals surface area contributed by atoms with E-state index in [4.69, 9.17) is 4.74 Å². The number of sulfone groups is 1. The minimum atomic E-state index is -3.59. The first-order valence-electron chi connectivity index (χ1n) is 9.25. The average Bonchev–Trinajstić information content (AvgIpc) is 3.22. The van der Waals surface area contributed by atoms with Crippen LogP contribution in [0.25, 0.3) is 0 Å². The van der Waals surface area contributed by atoms with Gasteiger partial charge in [-0.05, 0) is 55.0 Å². The van der Waals surface area contributed by atoms with E-state index >= 15 is 0 Å². The molecule has 3 aromatic rings. The van der Waals surface area contributed by atoms with Gasteiger partial charge in [-0.1, -0.05) is 18.2 Å². The molecule has 30 heavy (non-hydrogen) atoms. The Kier molecular flexibility index (Phi) is 7.02. The topological polar surface area (TPSA) is 89.5 Å². The molecule has 156 valence electrons. The van der Waals surface area contributed by atoms with E-state index in [1.54, 1.807) is 36.4 Å². The van der Waals surface area contributed by atoms with Crippen molar-refractivity contribution in [2.24, 2.45) is 0 Å². The Labute approximate surface area is 179 Å². The highest BCUT2D eigenvalue weighted by molar-refractivity contribution is 7.91. The lowest BCUT2D eigenvalue weighted by Gasteiger charge is -2.07. The summed E-state index contributed by atoms with van der Waals surface area (Å²) in [5.74, 6) is 0.170. The van der Waals surface area contributed by atoms with Crippen LogP contribution in [0, 0.1) is 0 Å². The zero-order chi connectivity index (χ0) is 21.6. The maximum Gasteiger partial charge on any atom is 0.216 e. The number of nitrogens with one attached hydrogen (secondary N) is 1. The molecular weight excluding hydrogens is 422 g/mol. The summed E-state index contributed by atoms with van der Waals surface area (Å²) in [7, 11) is -3.59. The molecule has 3 rings (SSSR count). The van der Waals surface area contributed by atoms with Gasteiger partial charge in [-0.3, -0.25) is 9.59 Å². The molecule has 0 saturated carbocycles. The van der Waals surface area contributed by atoms with Gasteiger partial charge in [0.1, 0.15) is 5.75 Å². The van der Waals surface area contributed by atoms with E-state index in [9.17, 15) is 18.0 Å². The Hall–Kier alpha value is -2.97. The lowest BCUT2D eigenvalue weighted by atomic mass is 10.3. The van der Waals surface area contributed by atoms with Crippen molar-refractivity contribution in [3.05, 3.63) is 76.5 Å². The molecule has 0 aliphatic rings. The first-order chi connectivity index (χ1) is 14.4. The van der Waals surface area contributed by atoms with Crippen LogP contribution in [0.5, 0.6) is 5.75 Å². The van der Waals surface area contributed by atoms with Gasteiger partial charge in [0.15, 0.2) is 6.61 Å². The van der Waals surface area contributed by atoms with Gasteiger partial charge in [0.25, 0.3) is 0 Å². The van der Waals surface area contributed by atoms with Crippen molar-refractivity contribution < 1.29 is 22.7 Å². The van der Waals surface area contributed by atoms with Crippen molar-refractivity contribution >= 4 is 32.9 Å². The fraction of sp³-hybridized carbons (Fsp3) is 0.182. The first kappa shape index (κ1) is 21.7. The van der Waals surface area contributed by atoms with E-state index in [1.165, 1.54) is 42.5 Å². The second-order valence-electron chi connectivity index (χ2n) is 6.50. The number of thiophene rings is 1. The number of carbonyl (C=O) groups excluding carboxylic acids is 2. The van der Waals surface area contributed by atoms with Crippen molar-refractivity contribution in [1.82, 2.24) is 5.32 Å². The molecule has 1 heterocycles. The highest BCUT2D eigenvalue weighted by Crippen LogP contribution is 2.23. The van der Waals surface area contributed by atoms with Crippen molar-refractivity contribution in [1.29, 1.82) is 0 Å². The van der Waals surface area contributed by atoms with Crippen LogP contribution >= 0.6 is 11.3 Å². The summed E-state index contributed by atoms with van der Waals surface area (Å²) in [5.41, 5.74) is 0. The summed E-state index contributed by atoms with van der Waals surface area (Å²) in [6.45, 7) is 1.85. The number of rotatable bonds is 9. The second-order valence-corrected chi connectivity index (χ2v) is 9.62. The maximum atomic E-state index is 12.6. The number of ketones is 1. The molecule has 6 nitrogen and oxygen atoms in total. The number of Topliss-reactive ketones (excluding diaryl/α,β-unsaturated/α-hetero) is 1.